The summed E-state index contributed by atoms with van der Waals surface area (Å²) in [5.41, 5.74) is 4.06. The summed E-state index contributed by atoms with van der Waals surface area (Å²) in [5.74, 6) is -1.75. The molecular formula is C33H29N3O8S. The zero-order chi connectivity index (χ0) is 31.8. The Bertz CT molecular complexity index is 2020. The number of anilines is 1. The second kappa shape index (κ2) is 10.1. The van der Waals surface area contributed by atoms with E-state index in [0.29, 0.717) is 18.5 Å². The number of imide groups is 1. The highest BCUT2D eigenvalue weighted by molar-refractivity contribution is 7.90. The largest absolute Gasteiger partial charge is 0.485 e. The van der Waals surface area contributed by atoms with Crippen molar-refractivity contribution in [1.82, 2.24) is 10.2 Å². The number of benzene rings is 2. The van der Waals surface area contributed by atoms with Crippen LogP contribution in [0, 0.1) is 6.92 Å². The van der Waals surface area contributed by atoms with Gasteiger partial charge in [0, 0.05) is 78.6 Å². The summed E-state index contributed by atoms with van der Waals surface area (Å²) in [6.45, 7) is 4.73. The molecule has 2 atom stereocenters. The summed E-state index contributed by atoms with van der Waals surface area (Å²) in [6.07, 6.45) is 6.54. The lowest BCUT2D eigenvalue weighted by Crippen LogP contribution is -2.43. The zero-order valence-corrected chi connectivity index (χ0v) is 25.3. The van der Waals surface area contributed by atoms with Gasteiger partial charge in [-0.2, -0.15) is 8.42 Å². The molecule has 45 heavy (non-hydrogen) atoms. The van der Waals surface area contributed by atoms with Crippen molar-refractivity contribution in [3.8, 4) is 0 Å². The Morgan fingerprint density at radius 1 is 1.09 bits per heavy atom. The third-order valence-electron chi connectivity index (χ3n) is 9.03. The molecule has 7 rings (SSSR count). The van der Waals surface area contributed by atoms with E-state index in [1.54, 1.807) is 6.08 Å². The van der Waals surface area contributed by atoms with Crippen molar-refractivity contribution < 1.29 is 36.9 Å². The molecule has 4 heterocycles. The topological polar surface area (TPSA) is 150 Å². The van der Waals surface area contributed by atoms with Gasteiger partial charge in [0.25, 0.3) is 21.9 Å². The van der Waals surface area contributed by atoms with Gasteiger partial charge >= 0.3 is 0 Å². The molecule has 3 amide bonds. The van der Waals surface area contributed by atoms with Crippen molar-refractivity contribution in [2.75, 3.05) is 24.5 Å². The summed E-state index contributed by atoms with van der Waals surface area (Å²) in [4.78, 5) is 52.5. The summed E-state index contributed by atoms with van der Waals surface area (Å²) in [7, 11) is -4.76. The van der Waals surface area contributed by atoms with Crippen LogP contribution >= 0.6 is 0 Å². The van der Waals surface area contributed by atoms with Crippen molar-refractivity contribution in [3.05, 3.63) is 99.3 Å². The molecule has 2 aromatic rings. The molecule has 0 aromatic heterocycles. The Kier molecular flexibility index (Phi) is 6.50. The predicted molar refractivity (Wildman–Crippen MR) is 164 cm³/mol. The highest BCUT2D eigenvalue weighted by Crippen LogP contribution is 2.56. The van der Waals surface area contributed by atoms with Crippen LogP contribution in [-0.2, 0) is 39.4 Å². The van der Waals surface area contributed by atoms with Gasteiger partial charge in [-0.05, 0) is 48.4 Å². The lowest BCUT2D eigenvalue weighted by atomic mass is 9.73. The Balaban J connectivity index is 1.33. The average Bonchev–Trinajstić information content (AvgIpc) is 3.43. The maximum atomic E-state index is 13.6. The number of fused-ring (bicyclic) bond motifs is 7. The highest BCUT2D eigenvalue weighted by atomic mass is 32.2. The van der Waals surface area contributed by atoms with E-state index in [1.807, 2.05) is 19.9 Å². The number of nitrogens with zero attached hydrogens (tertiary/aromatic N) is 2. The number of ether oxygens (including phenoxy) is 1. The van der Waals surface area contributed by atoms with E-state index in [-0.39, 0.29) is 31.2 Å². The first-order chi connectivity index (χ1) is 21.3. The predicted octanol–water partition coefficient (Wildman–Crippen LogP) is 2.88. The minimum atomic E-state index is -4.76. The maximum absolute atomic E-state index is 13.6. The number of rotatable bonds is 6. The van der Waals surface area contributed by atoms with Crippen LogP contribution in [0.4, 0.5) is 5.69 Å². The number of carbonyl (C=O) groups excluding carboxylic acids is 4. The Labute approximate surface area is 258 Å². The number of nitrogens with one attached hydrogen (secondary N) is 1. The minimum Gasteiger partial charge on any atom is -0.485 e. The van der Waals surface area contributed by atoms with Crippen molar-refractivity contribution >= 4 is 50.1 Å². The monoisotopic (exact) mass is 627 g/mol. The second-order valence-corrected chi connectivity index (χ2v) is 13.4. The fourth-order valence-electron chi connectivity index (χ4n) is 7.13. The van der Waals surface area contributed by atoms with Crippen LogP contribution in [0.2, 0.25) is 0 Å². The van der Waals surface area contributed by atoms with Gasteiger partial charge in [-0.15, -0.1) is 0 Å². The first-order valence-corrected chi connectivity index (χ1v) is 16.0. The van der Waals surface area contributed by atoms with Crippen LogP contribution in [0.15, 0.2) is 88.2 Å². The van der Waals surface area contributed by atoms with E-state index in [1.165, 1.54) is 12.2 Å². The van der Waals surface area contributed by atoms with Gasteiger partial charge in [0.05, 0.1) is 0 Å². The fraction of sp³-hybridized carbons (Fsp3) is 0.273. The van der Waals surface area contributed by atoms with E-state index >= 15 is 0 Å². The van der Waals surface area contributed by atoms with Crippen molar-refractivity contribution in [1.29, 1.82) is 0 Å². The Morgan fingerprint density at radius 2 is 1.84 bits per heavy atom. The normalized spacial score (nSPS) is 23.7. The number of allylic oxidation sites excluding steroid dienone is 4. The standard InChI is InChI=1S/C33H29N3O8S/c1-18-3-5-21-19(13-18)4-6-23-31(21)33(2,17-28(38)34-10-12-36-29(39)7-8-30(36)40)32-22-14-20-15-27(45(41,42)43)24(37)16-26(20)44-25(22)9-11-35(23)32/h3-8,13-16,25H,9-12,17H2,1-2H3,(H,34,38)(H,41,42,43). The molecule has 2 unspecified atom stereocenters. The molecule has 11 nitrogen and oxygen atoms in total. The summed E-state index contributed by atoms with van der Waals surface area (Å²) >= 11 is 0. The van der Waals surface area contributed by atoms with Gasteiger partial charge in [-0.25, -0.2) is 0 Å². The van der Waals surface area contributed by atoms with Crippen LogP contribution in [0.5, 0.6) is 0 Å². The molecule has 12 heteroatoms. The quantitative estimate of drug-likeness (QED) is 0.364. The maximum Gasteiger partial charge on any atom is 0.298 e. The highest BCUT2D eigenvalue weighted by Gasteiger charge is 2.51. The molecule has 2 N–H and O–H groups in total. The molecular weight excluding hydrogens is 598 g/mol. The van der Waals surface area contributed by atoms with Crippen LogP contribution in [-0.4, -0.2) is 67.1 Å². The number of ketones is 1. The van der Waals surface area contributed by atoms with Crippen LogP contribution < -0.4 is 10.2 Å². The molecule has 1 aliphatic carbocycles. The Hall–Kier alpha value is -4.81. The van der Waals surface area contributed by atoms with E-state index in [0.717, 1.165) is 55.9 Å². The molecule has 2 aromatic carbocycles. The lowest BCUT2D eigenvalue weighted by molar-refractivity contribution is -0.137. The summed E-state index contributed by atoms with van der Waals surface area (Å²) < 4.78 is 39.8. The average molecular weight is 628 g/mol. The molecule has 4 aliphatic heterocycles. The Morgan fingerprint density at radius 3 is 2.58 bits per heavy atom. The molecule has 0 fully saturated rings. The molecule has 0 saturated carbocycles. The molecule has 0 radical (unpaired) electrons. The molecule has 0 bridgehead atoms. The van der Waals surface area contributed by atoms with Gasteiger partial charge in [0.2, 0.25) is 11.7 Å². The third-order valence-corrected chi connectivity index (χ3v) is 9.91. The number of hydrogen-bond acceptors (Lipinski definition) is 8. The van der Waals surface area contributed by atoms with Crippen LogP contribution in [0.25, 0.3) is 10.8 Å². The van der Waals surface area contributed by atoms with Crippen molar-refractivity contribution in [2.45, 2.75) is 38.2 Å². The fourth-order valence-corrected chi connectivity index (χ4v) is 7.72. The van der Waals surface area contributed by atoms with Crippen molar-refractivity contribution in [2.24, 2.45) is 0 Å². The SMILES string of the molecule is Cc1ccc2c3c(ccc2c1)N1CCC2OC4=CC(=O)C(S(=O)(=O)O)=CC4=CC2=C1C3(C)CC(=O)NCCN1C(=O)C=CC1=O. The first-order valence-electron chi connectivity index (χ1n) is 14.6. The molecule has 230 valence electrons. The minimum absolute atomic E-state index is 0.0334. The summed E-state index contributed by atoms with van der Waals surface area (Å²) in [5, 5.41) is 4.90. The van der Waals surface area contributed by atoms with E-state index < -0.39 is 44.1 Å². The van der Waals surface area contributed by atoms with Gasteiger partial charge in [-0.1, -0.05) is 29.8 Å². The molecule has 0 spiro atoms. The van der Waals surface area contributed by atoms with Crippen LogP contribution in [0.1, 0.15) is 30.9 Å². The van der Waals surface area contributed by atoms with Gasteiger partial charge in [-0.3, -0.25) is 28.6 Å². The lowest BCUT2D eigenvalue weighted by Gasteiger charge is -2.41. The number of amides is 3. The molecule has 0 saturated heterocycles. The van der Waals surface area contributed by atoms with E-state index in [9.17, 15) is 32.1 Å². The van der Waals surface area contributed by atoms with Crippen molar-refractivity contribution in [3.63, 3.8) is 0 Å². The van der Waals surface area contributed by atoms with Gasteiger partial charge in [0.15, 0.2) is 0 Å². The number of aryl methyl sites for hydroxylation is 1. The smallest absolute Gasteiger partial charge is 0.298 e. The molecule has 5 aliphatic rings. The zero-order valence-electron chi connectivity index (χ0n) is 24.5. The van der Waals surface area contributed by atoms with Gasteiger partial charge < -0.3 is 15.0 Å². The second-order valence-electron chi connectivity index (χ2n) is 12.0. The van der Waals surface area contributed by atoms with E-state index in [4.69, 9.17) is 4.74 Å². The summed E-state index contributed by atoms with van der Waals surface area (Å²) in [6, 6.07) is 10.3. The first kappa shape index (κ1) is 28.9. The van der Waals surface area contributed by atoms with Crippen LogP contribution in [0.3, 0.4) is 0 Å². The van der Waals surface area contributed by atoms with E-state index in [2.05, 4.69) is 34.5 Å². The number of hydrogen-bond donors (Lipinski definition) is 2. The van der Waals surface area contributed by atoms with Gasteiger partial charge in [0.1, 0.15) is 16.8 Å². The third kappa shape index (κ3) is 4.63. The number of carbonyl (C=O) groups is 4.